The molecule has 26 heavy (non-hydrogen) atoms. The maximum absolute atomic E-state index is 13.3. The van der Waals surface area contributed by atoms with Gasteiger partial charge >= 0.3 is 13.8 Å². The van der Waals surface area contributed by atoms with Gasteiger partial charge < -0.3 is 25.1 Å². The normalized spacial score (nSPS) is 12.3. The SMILES string of the molecule is CCOP(=O)(CNc1cc(-c2ncc[nH]2)c(C(F)(F)F)cc1N)OCC. The Balaban J connectivity index is 2.38. The van der Waals surface area contributed by atoms with Crippen LogP contribution in [-0.2, 0) is 19.8 Å². The molecule has 0 atom stereocenters. The molecule has 0 aliphatic rings. The molecule has 0 bridgehead atoms. The Kier molecular flexibility index (Phi) is 6.33. The van der Waals surface area contributed by atoms with E-state index in [1.807, 2.05) is 0 Å². The fraction of sp³-hybridized carbons (Fsp3) is 0.400. The van der Waals surface area contributed by atoms with Crippen molar-refractivity contribution in [1.29, 1.82) is 0 Å². The summed E-state index contributed by atoms with van der Waals surface area (Å²) < 4.78 is 62.8. The topological polar surface area (TPSA) is 102 Å². The number of benzene rings is 1. The smallest absolute Gasteiger partial charge is 0.397 e. The fourth-order valence-electron chi connectivity index (χ4n) is 2.32. The highest BCUT2D eigenvalue weighted by Crippen LogP contribution is 2.48. The summed E-state index contributed by atoms with van der Waals surface area (Å²) >= 11 is 0. The minimum atomic E-state index is -4.61. The molecule has 0 aliphatic carbocycles. The number of nitrogens with zero attached hydrogens (tertiary/aromatic N) is 1. The molecule has 11 heteroatoms. The molecule has 0 unspecified atom stereocenters. The molecular formula is C15H20F3N4O3P. The van der Waals surface area contributed by atoms with E-state index in [1.54, 1.807) is 13.8 Å². The fourth-order valence-corrected chi connectivity index (χ4v) is 3.72. The third-order valence-electron chi connectivity index (χ3n) is 3.36. The minimum absolute atomic E-state index is 0.0400. The maximum atomic E-state index is 13.3. The molecule has 0 aliphatic heterocycles. The molecule has 0 radical (unpaired) electrons. The summed E-state index contributed by atoms with van der Waals surface area (Å²) in [6, 6.07) is 2.02. The molecule has 4 N–H and O–H groups in total. The van der Waals surface area contributed by atoms with E-state index < -0.39 is 19.3 Å². The summed E-state index contributed by atoms with van der Waals surface area (Å²) in [5.74, 6) is 0.0400. The summed E-state index contributed by atoms with van der Waals surface area (Å²) in [7, 11) is -3.44. The second kappa shape index (κ2) is 8.11. The average Bonchev–Trinajstić information content (AvgIpc) is 3.07. The Hall–Kier alpha value is -2.03. The van der Waals surface area contributed by atoms with Gasteiger partial charge in [0.15, 0.2) is 0 Å². The van der Waals surface area contributed by atoms with E-state index in [1.165, 1.54) is 18.5 Å². The van der Waals surface area contributed by atoms with E-state index in [9.17, 15) is 17.7 Å². The molecule has 1 aromatic carbocycles. The number of imidazole rings is 1. The van der Waals surface area contributed by atoms with Gasteiger partial charge in [0.1, 0.15) is 12.1 Å². The van der Waals surface area contributed by atoms with Crippen molar-refractivity contribution in [1.82, 2.24) is 9.97 Å². The summed E-state index contributed by atoms with van der Waals surface area (Å²) in [6.07, 6.45) is -2.09. The molecule has 7 nitrogen and oxygen atoms in total. The molecule has 1 heterocycles. The summed E-state index contributed by atoms with van der Waals surface area (Å²) in [5.41, 5.74) is 4.68. The van der Waals surface area contributed by atoms with Crippen LogP contribution in [0.1, 0.15) is 19.4 Å². The number of halogens is 3. The number of nitrogen functional groups attached to an aromatic ring is 1. The largest absolute Gasteiger partial charge is 0.417 e. The van der Waals surface area contributed by atoms with Crippen LogP contribution in [0.25, 0.3) is 11.4 Å². The number of hydrogen-bond donors (Lipinski definition) is 3. The van der Waals surface area contributed by atoms with Gasteiger partial charge in [0.25, 0.3) is 0 Å². The number of H-pyrrole nitrogens is 1. The minimum Gasteiger partial charge on any atom is -0.397 e. The molecule has 2 aromatic rings. The van der Waals surface area contributed by atoms with Crippen LogP contribution in [0.2, 0.25) is 0 Å². The van der Waals surface area contributed by atoms with Crippen LogP contribution in [-0.4, -0.2) is 29.5 Å². The number of aromatic nitrogens is 2. The maximum Gasteiger partial charge on any atom is 0.417 e. The Morgan fingerprint density at radius 3 is 2.42 bits per heavy atom. The van der Waals surface area contributed by atoms with E-state index in [-0.39, 0.29) is 42.3 Å². The van der Waals surface area contributed by atoms with Crippen molar-refractivity contribution >= 4 is 19.0 Å². The standard InChI is InChI=1S/C15H20F3N4O3P/c1-3-24-26(23,25-4-2)9-22-13-7-10(14-20-5-6-21-14)11(8-12(13)19)15(16,17)18/h5-8,22H,3-4,9,19H2,1-2H3,(H,20,21). The number of rotatable bonds is 8. The van der Waals surface area contributed by atoms with E-state index in [0.717, 1.165) is 6.07 Å². The Morgan fingerprint density at radius 2 is 1.92 bits per heavy atom. The van der Waals surface area contributed by atoms with E-state index >= 15 is 0 Å². The molecule has 0 amide bonds. The van der Waals surface area contributed by atoms with E-state index in [2.05, 4.69) is 15.3 Å². The summed E-state index contributed by atoms with van der Waals surface area (Å²) in [6.45, 7) is 3.65. The molecule has 144 valence electrons. The van der Waals surface area contributed by atoms with Crippen LogP contribution >= 0.6 is 7.60 Å². The van der Waals surface area contributed by atoms with Crippen LogP contribution in [0.4, 0.5) is 24.5 Å². The first-order valence-electron chi connectivity index (χ1n) is 7.82. The summed E-state index contributed by atoms with van der Waals surface area (Å²) in [5, 5.41) is 2.76. The van der Waals surface area contributed by atoms with Gasteiger partial charge in [-0.15, -0.1) is 0 Å². The number of nitrogens with one attached hydrogen (secondary N) is 2. The summed E-state index contributed by atoms with van der Waals surface area (Å²) in [4.78, 5) is 6.51. The zero-order valence-electron chi connectivity index (χ0n) is 14.3. The van der Waals surface area contributed by atoms with Crippen LogP contribution in [0.3, 0.4) is 0 Å². The van der Waals surface area contributed by atoms with E-state index in [4.69, 9.17) is 14.8 Å². The lowest BCUT2D eigenvalue weighted by Crippen LogP contribution is -2.12. The zero-order chi connectivity index (χ0) is 19.4. The second-order valence-electron chi connectivity index (χ2n) is 5.20. The average molecular weight is 392 g/mol. The van der Waals surface area contributed by atoms with Gasteiger partial charge in [0.2, 0.25) is 0 Å². The number of hydrogen-bond acceptors (Lipinski definition) is 6. The van der Waals surface area contributed by atoms with Crippen molar-refractivity contribution < 1.29 is 26.8 Å². The first-order chi connectivity index (χ1) is 12.2. The van der Waals surface area contributed by atoms with Gasteiger partial charge in [-0.05, 0) is 26.0 Å². The molecular weight excluding hydrogens is 372 g/mol. The number of aromatic amines is 1. The third-order valence-corrected chi connectivity index (χ3v) is 5.21. The van der Waals surface area contributed by atoms with Crippen molar-refractivity contribution in [3.8, 4) is 11.4 Å². The molecule has 2 rings (SSSR count). The van der Waals surface area contributed by atoms with Crippen molar-refractivity contribution in [2.75, 3.05) is 30.6 Å². The quantitative estimate of drug-likeness (QED) is 0.457. The van der Waals surface area contributed by atoms with Crippen molar-refractivity contribution in [3.63, 3.8) is 0 Å². The molecule has 0 spiro atoms. The Morgan fingerprint density at radius 1 is 1.27 bits per heavy atom. The van der Waals surface area contributed by atoms with Gasteiger partial charge in [-0.2, -0.15) is 13.2 Å². The van der Waals surface area contributed by atoms with Gasteiger partial charge in [-0.1, -0.05) is 0 Å². The monoisotopic (exact) mass is 392 g/mol. The van der Waals surface area contributed by atoms with Crippen LogP contribution < -0.4 is 11.1 Å². The van der Waals surface area contributed by atoms with Crippen LogP contribution in [0, 0.1) is 0 Å². The Labute approximate surface area is 148 Å². The van der Waals surface area contributed by atoms with Crippen molar-refractivity contribution in [2.24, 2.45) is 0 Å². The Bertz CT molecular complexity index is 771. The first kappa shape index (κ1) is 20.3. The second-order valence-corrected chi connectivity index (χ2v) is 7.26. The lowest BCUT2D eigenvalue weighted by Gasteiger charge is -2.20. The molecule has 1 aromatic heterocycles. The highest BCUT2D eigenvalue weighted by molar-refractivity contribution is 7.53. The molecule has 0 saturated heterocycles. The highest BCUT2D eigenvalue weighted by Gasteiger charge is 2.35. The van der Waals surface area contributed by atoms with Gasteiger partial charge in [0.05, 0.1) is 30.2 Å². The van der Waals surface area contributed by atoms with Crippen molar-refractivity contribution in [2.45, 2.75) is 20.0 Å². The molecule has 0 fully saturated rings. The number of anilines is 2. The van der Waals surface area contributed by atoms with Crippen molar-refractivity contribution in [3.05, 3.63) is 30.1 Å². The van der Waals surface area contributed by atoms with Crippen LogP contribution in [0.5, 0.6) is 0 Å². The highest BCUT2D eigenvalue weighted by atomic mass is 31.2. The number of nitrogens with two attached hydrogens (primary N) is 1. The lowest BCUT2D eigenvalue weighted by molar-refractivity contribution is -0.137. The molecule has 0 saturated carbocycles. The van der Waals surface area contributed by atoms with E-state index in [0.29, 0.717) is 0 Å². The predicted octanol–water partition coefficient (Wildman–Crippen LogP) is 4.31. The first-order valence-corrected chi connectivity index (χ1v) is 9.55. The third kappa shape index (κ3) is 4.78. The van der Waals surface area contributed by atoms with Gasteiger partial charge in [-0.25, -0.2) is 4.98 Å². The van der Waals surface area contributed by atoms with Gasteiger partial charge in [0, 0.05) is 18.0 Å². The lowest BCUT2D eigenvalue weighted by atomic mass is 10.0. The number of alkyl halides is 3. The van der Waals surface area contributed by atoms with Crippen LogP contribution in [0.15, 0.2) is 24.5 Å². The predicted molar refractivity (Wildman–Crippen MR) is 92.8 cm³/mol. The zero-order valence-corrected chi connectivity index (χ0v) is 15.2. The van der Waals surface area contributed by atoms with Gasteiger partial charge in [-0.3, -0.25) is 4.57 Å².